The highest BCUT2D eigenvalue weighted by molar-refractivity contribution is 7.12. The van der Waals surface area contributed by atoms with Gasteiger partial charge < -0.3 is 14.4 Å². The zero-order valence-electron chi connectivity index (χ0n) is 15.2. The van der Waals surface area contributed by atoms with Gasteiger partial charge in [-0.15, -0.1) is 11.3 Å². The molecule has 1 aliphatic heterocycles. The Labute approximate surface area is 161 Å². The molecule has 0 N–H and O–H groups in total. The Morgan fingerprint density at radius 3 is 2.59 bits per heavy atom. The second-order valence-corrected chi connectivity index (χ2v) is 7.29. The van der Waals surface area contributed by atoms with Crippen molar-refractivity contribution in [1.82, 2.24) is 4.90 Å². The van der Waals surface area contributed by atoms with E-state index in [0.29, 0.717) is 49.8 Å². The number of benzene rings is 1. The monoisotopic (exact) mass is 391 g/mol. The lowest BCUT2D eigenvalue weighted by Crippen LogP contribution is -2.40. The third-order valence-corrected chi connectivity index (χ3v) is 5.45. The quantitative estimate of drug-likeness (QED) is 0.701. The number of amides is 1. The van der Waals surface area contributed by atoms with Crippen LogP contribution in [-0.2, 0) is 16.1 Å². The molecule has 0 atom stereocenters. The third-order valence-electron chi connectivity index (χ3n) is 4.49. The van der Waals surface area contributed by atoms with Gasteiger partial charge in [0.2, 0.25) is 0 Å². The van der Waals surface area contributed by atoms with Gasteiger partial charge in [0.15, 0.2) is 0 Å². The average Bonchev–Trinajstić information content (AvgIpc) is 3.16. The SMILES string of the molecule is CCOC(=O)C1CCN(C(=O)c2cc(COc3ccc(F)cc3)cs2)CC1. The van der Waals surface area contributed by atoms with Crippen LogP contribution in [0.5, 0.6) is 5.75 Å². The van der Waals surface area contributed by atoms with Crippen LogP contribution in [0, 0.1) is 11.7 Å². The second kappa shape index (κ2) is 8.99. The first kappa shape index (κ1) is 19.4. The molecule has 0 bridgehead atoms. The first-order valence-corrected chi connectivity index (χ1v) is 9.86. The van der Waals surface area contributed by atoms with Crippen molar-refractivity contribution in [3.8, 4) is 5.75 Å². The fourth-order valence-corrected chi connectivity index (χ4v) is 3.86. The maximum atomic E-state index is 12.9. The van der Waals surface area contributed by atoms with Crippen LogP contribution in [-0.4, -0.2) is 36.5 Å². The summed E-state index contributed by atoms with van der Waals surface area (Å²) >= 11 is 1.38. The number of likely N-dealkylation sites (tertiary alicyclic amines) is 1. The van der Waals surface area contributed by atoms with E-state index in [2.05, 4.69) is 0 Å². The van der Waals surface area contributed by atoms with Crippen molar-refractivity contribution in [3.05, 3.63) is 52.0 Å². The van der Waals surface area contributed by atoms with Gasteiger partial charge >= 0.3 is 5.97 Å². The molecule has 27 heavy (non-hydrogen) atoms. The molecular weight excluding hydrogens is 369 g/mol. The summed E-state index contributed by atoms with van der Waals surface area (Å²) in [5.41, 5.74) is 0.897. The molecule has 0 unspecified atom stereocenters. The minimum absolute atomic E-state index is 0.0182. The normalized spacial score (nSPS) is 14.8. The van der Waals surface area contributed by atoms with Gasteiger partial charge in [-0.25, -0.2) is 4.39 Å². The Hall–Kier alpha value is -2.41. The maximum Gasteiger partial charge on any atom is 0.309 e. The number of halogens is 1. The number of thiophene rings is 1. The van der Waals surface area contributed by atoms with E-state index in [1.807, 2.05) is 11.4 Å². The van der Waals surface area contributed by atoms with Crippen LogP contribution in [0.1, 0.15) is 35.0 Å². The van der Waals surface area contributed by atoms with Gasteiger partial charge in [0, 0.05) is 18.7 Å². The van der Waals surface area contributed by atoms with Crippen molar-refractivity contribution >= 4 is 23.2 Å². The Morgan fingerprint density at radius 2 is 1.93 bits per heavy atom. The number of piperidine rings is 1. The smallest absolute Gasteiger partial charge is 0.309 e. The molecule has 1 aromatic carbocycles. The molecule has 2 aromatic rings. The molecule has 0 spiro atoms. The molecule has 144 valence electrons. The topological polar surface area (TPSA) is 55.8 Å². The molecule has 1 aromatic heterocycles. The molecule has 1 aliphatic rings. The number of nitrogens with zero attached hydrogens (tertiary/aromatic N) is 1. The zero-order chi connectivity index (χ0) is 19.2. The number of rotatable bonds is 6. The van der Waals surface area contributed by atoms with E-state index in [9.17, 15) is 14.0 Å². The van der Waals surface area contributed by atoms with Crippen molar-refractivity contribution in [2.45, 2.75) is 26.4 Å². The number of hydrogen-bond donors (Lipinski definition) is 0. The molecule has 0 radical (unpaired) electrons. The van der Waals surface area contributed by atoms with E-state index in [-0.39, 0.29) is 23.6 Å². The summed E-state index contributed by atoms with van der Waals surface area (Å²) in [5.74, 6) is -0.0256. The summed E-state index contributed by atoms with van der Waals surface area (Å²) < 4.78 is 23.6. The fourth-order valence-electron chi connectivity index (χ4n) is 3.00. The third kappa shape index (κ3) is 5.07. The molecule has 7 heteroatoms. The van der Waals surface area contributed by atoms with E-state index in [4.69, 9.17) is 9.47 Å². The molecule has 1 fully saturated rings. The minimum atomic E-state index is -0.308. The summed E-state index contributed by atoms with van der Waals surface area (Å²) in [7, 11) is 0. The summed E-state index contributed by atoms with van der Waals surface area (Å²) in [5, 5.41) is 1.89. The molecule has 0 saturated carbocycles. The largest absolute Gasteiger partial charge is 0.489 e. The minimum Gasteiger partial charge on any atom is -0.489 e. The van der Waals surface area contributed by atoms with Crippen molar-refractivity contribution in [2.75, 3.05) is 19.7 Å². The van der Waals surface area contributed by atoms with E-state index < -0.39 is 0 Å². The lowest BCUT2D eigenvalue weighted by molar-refractivity contribution is -0.149. The van der Waals surface area contributed by atoms with Gasteiger partial charge in [0.05, 0.1) is 17.4 Å². The van der Waals surface area contributed by atoms with Crippen molar-refractivity contribution in [1.29, 1.82) is 0 Å². The predicted molar refractivity (Wildman–Crippen MR) is 100 cm³/mol. The van der Waals surface area contributed by atoms with Crippen molar-refractivity contribution in [3.63, 3.8) is 0 Å². The number of carbonyl (C=O) groups excluding carboxylic acids is 2. The Morgan fingerprint density at radius 1 is 1.22 bits per heavy atom. The predicted octanol–water partition coefficient (Wildman–Crippen LogP) is 3.88. The van der Waals surface area contributed by atoms with Crippen LogP contribution in [0.3, 0.4) is 0 Å². The van der Waals surface area contributed by atoms with Gasteiger partial charge in [-0.3, -0.25) is 9.59 Å². The molecular formula is C20H22FNO4S. The Kier molecular flexibility index (Phi) is 6.45. The van der Waals surface area contributed by atoms with Gasteiger partial charge in [-0.05, 0) is 55.5 Å². The summed E-state index contributed by atoms with van der Waals surface area (Å²) in [6.45, 7) is 3.62. The van der Waals surface area contributed by atoms with E-state index >= 15 is 0 Å². The van der Waals surface area contributed by atoms with Crippen LogP contribution in [0.25, 0.3) is 0 Å². The summed E-state index contributed by atoms with van der Waals surface area (Å²) in [4.78, 5) is 26.9. The molecule has 3 rings (SSSR count). The first-order valence-electron chi connectivity index (χ1n) is 8.98. The van der Waals surface area contributed by atoms with Crippen LogP contribution >= 0.6 is 11.3 Å². The average molecular weight is 391 g/mol. The van der Waals surface area contributed by atoms with Gasteiger partial charge in [-0.2, -0.15) is 0 Å². The Bertz CT molecular complexity index is 782. The summed E-state index contributed by atoms with van der Waals surface area (Å²) in [6, 6.07) is 7.66. The number of ether oxygens (including phenoxy) is 2. The van der Waals surface area contributed by atoms with Crippen molar-refractivity contribution < 1.29 is 23.5 Å². The number of esters is 1. The van der Waals surface area contributed by atoms with Gasteiger partial charge in [0.25, 0.3) is 5.91 Å². The number of hydrogen-bond acceptors (Lipinski definition) is 5. The second-order valence-electron chi connectivity index (χ2n) is 6.38. The standard InChI is InChI=1S/C20H22FNO4S/c1-2-25-20(24)15-7-9-22(10-8-15)19(23)18-11-14(13-27-18)12-26-17-5-3-16(21)4-6-17/h3-6,11,13,15H,2,7-10,12H2,1H3. The molecule has 2 heterocycles. The van der Waals surface area contributed by atoms with Gasteiger partial charge in [0.1, 0.15) is 18.2 Å². The van der Waals surface area contributed by atoms with E-state index in [1.165, 1.54) is 23.5 Å². The number of carbonyl (C=O) groups is 2. The lowest BCUT2D eigenvalue weighted by atomic mass is 9.97. The molecule has 5 nitrogen and oxygen atoms in total. The summed E-state index contributed by atoms with van der Waals surface area (Å²) in [6.07, 6.45) is 1.27. The van der Waals surface area contributed by atoms with E-state index in [1.54, 1.807) is 24.0 Å². The highest BCUT2D eigenvalue weighted by Crippen LogP contribution is 2.24. The van der Waals surface area contributed by atoms with E-state index in [0.717, 1.165) is 5.56 Å². The molecule has 1 saturated heterocycles. The maximum absolute atomic E-state index is 12.9. The fraction of sp³-hybridized carbons (Fsp3) is 0.400. The Balaban J connectivity index is 1.51. The highest BCUT2D eigenvalue weighted by Gasteiger charge is 2.29. The van der Waals surface area contributed by atoms with Crippen LogP contribution in [0.4, 0.5) is 4.39 Å². The van der Waals surface area contributed by atoms with Crippen LogP contribution in [0.2, 0.25) is 0 Å². The first-order chi connectivity index (χ1) is 13.1. The van der Waals surface area contributed by atoms with Crippen molar-refractivity contribution in [2.24, 2.45) is 5.92 Å². The van der Waals surface area contributed by atoms with Gasteiger partial charge in [-0.1, -0.05) is 0 Å². The molecule has 0 aliphatic carbocycles. The van der Waals surface area contributed by atoms with Crippen LogP contribution in [0.15, 0.2) is 35.7 Å². The molecule has 1 amide bonds. The van der Waals surface area contributed by atoms with Crippen LogP contribution < -0.4 is 4.74 Å². The highest BCUT2D eigenvalue weighted by atomic mass is 32.1. The zero-order valence-corrected chi connectivity index (χ0v) is 16.0. The lowest BCUT2D eigenvalue weighted by Gasteiger charge is -2.30.